The number of nitrogens with zero attached hydrogens (tertiary/aromatic N) is 3. The van der Waals surface area contributed by atoms with Crippen molar-refractivity contribution >= 4 is 15.9 Å². The van der Waals surface area contributed by atoms with E-state index in [1.165, 1.54) is 12.8 Å². The summed E-state index contributed by atoms with van der Waals surface area (Å²) in [4.78, 5) is 8.62. The molecule has 1 aliphatic rings. The summed E-state index contributed by atoms with van der Waals surface area (Å²) in [5.41, 5.74) is 0.729. The van der Waals surface area contributed by atoms with E-state index in [9.17, 15) is 0 Å². The molecular formula is C12H13BrN4O. The summed E-state index contributed by atoms with van der Waals surface area (Å²) < 4.78 is 6.19. The van der Waals surface area contributed by atoms with E-state index in [-0.39, 0.29) is 0 Å². The Morgan fingerprint density at radius 1 is 1.44 bits per heavy atom. The number of hydrogen-bond acceptors (Lipinski definition) is 5. The molecule has 0 radical (unpaired) electrons. The maximum absolute atomic E-state index is 5.26. The fourth-order valence-electron chi connectivity index (χ4n) is 2.09. The Bertz CT molecular complexity index is 519. The van der Waals surface area contributed by atoms with Gasteiger partial charge in [0.25, 0.3) is 0 Å². The quantitative estimate of drug-likeness (QED) is 0.941. The van der Waals surface area contributed by atoms with E-state index >= 15 is 0 Å². The van der Waals surface area contributed by atoms with Gasteiger partial charge in [-0.3, -0.25) is 4.98 Å². The fourth-order valence-corrected chi connectivity index (χ4v) is 2.33. The molecule has 0 aromatic carbocycles. The highest BCUT2D eigenvalue weighted by Crippen LogP contribution is 2.17. The van der Waals surface area contributed by atoms with Crippen LogP contribution >= 0.6 is 15.9 Å². The molecule has 1 saturated heterocycles. The van der Waals surface area contributed by atoms with E-state index in [4.69, 9.17) is 4.52 Å². The normalized spacial score (nSPS) is 19.3. The molecule has 1 N–H and O–H groups in total. The first kappa shape index (κ1) is 11.8. The van der Waals surface area contributed by atoms with Crippen LogP contribution in [0.2, 0.25) is 0 Å². The lowest BCUT2D eigenvalue weighted by Gasteiger charge is -2.04. The Hall–Kier alpha value is -1.27. The van der Waals surface area contributed by atoms with Gasteiger partial charge in [-0.05, 0) is 47.4 Å². The maximum Gasteiger partial charge on any atom is 0.228 e. The molecule has 5 nitrogen and oxygen atoms in total. The zero-order valence-corrected chi connectivity index (χ0v) is 11.4. The molecule has 3 rings (SSSR count). The second-order valence-electron chi connectivity index (χ2n) is 4.37. The van der Waals surface area contributed by atoms with E-state index in [2.05, 4.69) is 36.4 Å². The van der Waals surface area contributed by atoms with Gasteiger partial charge >= 0.3 is 0 Å². The standard InChI is InChI=1S/C12H13BrN4O/c13-8-3-4-10(15-7-8)12-16-11(18-17-12)6-9-2-1-5-14-9/h3-4,7,9,14H,1-2,5-6H2. The summed E-state index contributed by atoms with van der Waals surface area (Å²) in [6.07, 6.45) is 4.92. The summed E-state index contributed by atoms with van der Waals surface area (Å²) in [5, 5.41) is 7.38. The first-order valence-corrected chi connectivity index (χ1v) is 6.78. The van der Waals surface area contributed by atoms with Crippen LogP contribution in [0.25, 0.3) is 11.5 Å². The van der Waals surface area contributed by atoms with Crippen molar-refractivity contribution in [3.8, 4) is 11.5 Å². The molecular weight excluding hydrogens is 296 g/mol. The lowest BCUT2D eigenvalue weighted by atomic mass is 10.1. The molecule has 0 aliphatic carbocycles. The van der Waals surface area contributed by atoms with Crippen LogP contribution in [0.5, 0.6) is 0 Å². The summed E-state index contributed by atoms with van der Waals surface area (Å²) >= 11 is 3.35. The van der Waals surface area contributed by atoms with Crippen LogP contribution < -0.4 is 5.32 Å². The lowest BCUT2D eigenvalue weighted by molar-refractivity contribution is 0.364. The van der Waals surface area contributed by atoms with Gasteiger partial charge in [-0.2, -0.15) is 4.98 Å². The molecule has 0 spiro atoms. The lowest BCUT2D eigenvalue weighted by Crippen LogP contribution is -2.23. The molecule has 2 aromatic heterocycles. The third kappa shape index (κ3) is 2.59. The molecule has 0 bridgehead atoms. The summed E-state index contributed by atoms with van der Waals surface area (Å²) in [5.74, 6) is 1.23. The largest absolute Gasteiger partial charge is 0.339 e. The summed E-state index contributed by atoms with van der Waals surface area (Å²) in [6.45, 7) is 1.08. The minimum atomic E-state index is 0.469. The third-order valence-corrected chi connectivity index (χ3v) is 3.48. The van der Waals surface area contributed by atoms with Crippen molar-refractivity contribution in [1.82, 2.24) is 20.4 Å². The molecule has 1 unspecified atom stereocenters. The van der Waals surface area contributed by atoms with E-state index < -0.39 is 0 Å². The van der Waals surface area contributed by atoms with Crippen LogP contribution in [-0.2, 0) is 6.42 Å². The maximum atomic E-state index is 5.26. The Balaban J connectivity index is 1.74. The predicted octanol–water partition coefficient (Wildman–Crippen LogP) is 2.19. The van der Waals surface area contributed by atoms with Gasteiger partial charge in [-0.15, -0.1) is 0 Å². The molecule has 3 heterocycles. The zero-order valence-electron chi connectivity index (χ0n) is 9.77. The Morgan fingerprint density at radius 2 is 2.39 bits per heavy atom. The van der Waals surface area contributed by atoms with Crippen molar-refractivity contribution in [3.63, 3.8) is 0 Å². The minimum Gasteiger partial charge on any atom is -0.339 e. The monoisotopic (exact) mass is 308 g/mol. The van der Waals surface area contributed by atoms with Crippen LogP contribution in [-0.4, -0.2) is 27.7 Å². The Kier molecular flexibility index (Phi) is 3.38. The van der Waals surface area contributed by atoms with Gasteiger partial charge in [0, 0.05) is 23.1 Å². The van der Waals surface area contributed by atoms with Crippen molar-refractivity contribution in [3.05, 3.63) is 28.7 Å². The summed E-state index contributed by atoms with van der Waals surface area (Å²) in [7, 11) is 0. The van der Waals surface area contributed by atoms with Crippen molar-refractivity contribution in [1.29, 1.82) is 0 Å². The number of aromatic nitrogens is 3. The minimum absolute atomic E-state index is 0.469. The van der Waals surface area contributed by atoms with Gasteiger partial charge in [0.05, 0.1) is 0 Å². The fraction of sp³-hybridized carbons (Fsp3) is 0.417. The van der Waals surface area contributed by atoms with Crippen LogP contribution in [0, 0.1) is 0 Å². The highest BCUT2D eigenvalue weighted by atomic mass is 79.9. The number of halogens is 1. The van der Waals surface area contributed by atoms with Crippen molar-refractivity contribution < 1.29 is 4.52 Å². The predicted molar refractivity (Wildman–Crippen MR) is 70.0 cm³/mol. The van der Waals surface area contributed by atoms with E-state index in [0.29, 0.717) is 17.8 Å². The number of pyridine rings is 1. The van der Waals surface area contributed by atoms with Gasteiger partial charge in [0.1, 0.15) is 5.69 Å². The van der Waals surface area contributed by atoms with E-state index in [1.54, 1.807) is 6.20 Å². The van der Waals surface area contributed by atoms with Crippen LogP contribution in [0.4, 0.5) is 0 Å². The molecule has 0 amide bonds. The highest BCUT2D eigenvalue weighted by Gasteiger charge is 2.18. The Labute approximate surface area is 113 Å². The van der Waals surface area contributed by atoms with Crippen molar-refractivity contribution in [2.24, 2.45) is 0 Å². The second kappa shape index (κ2) is 5.16. The molecule has 18 heavy (non-hydrogen) atoms. The van der Waals surface area contributed by atoms with Crippen molar-refractivity contribution in [2.45, 2.75) is 25.3 Å². The van der Waals surface area contributed by atoms with Gasteiger partial charge in [-0.25, -0.2) is 0 Å². The van der Waals surface area contributed by atoms with Gasteiger partial charge in [0.15, 0.2) is 0 Å². The van der Waals surface area contributed by atoms with E-state index in [0.717, 1.165) is 23.1 Å². The van der Waals surface area contributed by atoms with Gasteiger partial charge in [0.2, 0.25) is 11.7 Å². The van der Waals surface area contributed by atoms with E-state index in [1.807, 2.05) is 12.1 Å². The molecule has 94 valence electrons. The average Bonchev–Trinajstić information content (AvgIpc) is 3.02. The Morgan fingerprint density at radius 3 is 3.11 bits per heavy atom. The van der Waals surface area contributed by atoms with Crippen LogP contribution in [0.15, 0.2) is 27.3 Å². The third-order valence-electron chi connectivity index (χ3n) is 3.01. The molecule has 0 saturated carbocycles. The molecule has 1 aliphatic heterocycles. The highest BCUT2D eigenvalue weighted by molar-refractivity contribution is 9.10. The zero-order chi connectivity index (χ0) is 12.4. The topological polar surface area (TPSA) is 63.8 Å². The molecule has 1 fully saturated rings. The van der Waals surface area contributed by atoms with Crippen LogP contribution in [0.3, 0.4) is 0 Å². The molecule has 2 aromatic rings. The number of hydrogen-bond donors (Lipinski definition) is 1. The average molecular weight is 309 g/mol. The number of rotatable bonds is 3. The molecule has 6 heteroatoms. The molecule has 1 atom stereocenters. The van der Waals surface area contributed by atoms with Crippen LogP contribution in [0.1, 0.15) is 18.7 Å². The smallest absolute Gasteiger partial charge is 0.228 e. The van der Waals surface area contributed by atoms with Gasteiger partial charge < -0.3 is 9.84 Å². The number of nitrogens with one attached hydrogen (secondary N) is 1. The second-order valence-corrected chi connectivity index (χ2v) is 5.29. The SMILES string of the molecule is Brc1ccc(-c2noc(CC3CCCN3)n2)nc1. The first-order valence-electron chi connectivity index (χ1n) is 5.99. The van der Waals surface area contributed by atoms with Gasteiger partial charge in [-0.1, -0.05) is 5.16 Å². The summed E-state index contributed by atoms with van der Waals surface area (Å²) in [6, 6.07) is 4.25. The first-order chi connectivity index (χ1) is 8.81. The van der Waals surface area contributed by atoms with Crippen molar-refractivity contribution in [2.75, 3.05) is 6.54 Å².